The van der Waals surface area contributed by atoms with Crippen LogP contribution in [0.1, 0.15) is 11.3 Å². The first-order valence-electron chi connectivity index (χ1n) is 4.69. The van der Waals surface area contributed by atoms with Gasteiger partial charge >= 0.3 is 0 Å². The second kappa shape index (κ2) is 4.32. The highest BCUT2D eigenvalue weighted by Crippen LogP contribution is 2.15. The quantitative estimate of drug-likeness (QED) is 0.842. The number of rotatable bonds is 2. The van der Waals surface area contributed by atoms with E-state index in [2.05, 4.69) is 4.98 Å². The lowest BCUT2D eigenvalue weighted by Gasteiger charge is -2.04. The molecule has 0 fully saturated rings. The van der Waals surface area contributed by atoms with Gasteiger partial charge in [-0.05, 0) is 29.8 Å². The van der Waals surface area contributed by atoms with Crippen LogP contribution < -0.4 is 5.73 Å². The Bertz CT molecular complexity index is 451. The first-order chi connectivity index (χ1) is 7.25. The summed E-state index contributed by atoms with van der Waals surface area (Å²) in [7, 11) is 0. The van der Waals surface area contributed by atoms with E-state index in [0.29, 0.717) is 0 Å². The molecule has 0 saturated carbocycles. The van der Waals surface area contributed by atoms with E-state index in [-0.39, 0.29) is 0 Å². The van der Waals surface area contributed by atoms with Crippen molar-refractivity contribution in [3.8, 4) is 0 Å². The third-order valence-electron chi connectivity index (χ3n) is 2.21. The average molecular weight is 219 g/mol. The number of benzene rings is 1. The maximum absolute atomic E-state index is 5.81. The average Bonchev–Trinajstić information content (AvgIpc) is 2.25. The molecule has 0 saturated heterocycles. The number of hydrogen-bond donors (Lipinski definition) is 1. The Morgan fingerprint density at radius 1 is 1.13 bits per heavy atom. The van der Waals surface area contributed by atoms with Gasteiger partial charge in [0.15, 0.2) is 0 Å². The van der Waals surface area contributed by atoms with Crippen molar-refractivity contribution in [1.29, 1.82) is 0 Å². The van der Waals surface area contributed by atoms with E-state index in [1.807, 2.05) is 36.4 Å². The smallest absolute Gasteiger partial charge is 0.0676 e. The number of hydrogen-bond acceptors (Lipinski definition) is 2. The SMILES string of the molecule is Nc1cccnc1Cc1ccc(Cl)cc1. The van der Waals surface area contributed by atoms with Crippen molar-refractivity contribution in [1.82, 2.24) is 4.98 Å². The first-order valence-corrected chi connectivity index (χ1v) is 5.07. The molecule has 0 amide bonds. The van der Waals surface area contributed by atoms with Crippen molar-refractivity contribution in [2.45, 2.75) is 6.42 Å². The highest BCUT2D eigenvalue weighted by atomic mass is 35.5. The number of nitrogens with zero attached hydrogens (tertiary/aromatic N) is 1. The summed E-state index contributed by atoms with van der Waals surface area (Å²) in [5.74, 6) is 0. The summed E-state index contributed by atoms with van der Waals surface area (Å²) in [6.07, 6.45) is 2.49. The molecule has 3 heteroatoms. The van der Waals surface area contributed by atoms with Crippen LogP contribution in [-0.2, 0) is 6.42 Å². The van der Waals surface area contributed by atoms with Crippen LogP contribution in [0.4, 0.5) is 5.69 Å². The van der Waals surface area contributed by atoms with Gasteiger partial charge in [-0.25, -0.2) is 0 Å². The van der Waals surface area contributed by atoms with Gasteiger partial charge in [0.25, 0.3) is 0 Å². The predicted molar refractivity (Wildman–Crippen MR) is 62.9 cm³/mol. The molecule has 2 rings (SSSR count). The van der Waals surface area contributed by atoms with Gasteiger partial charge in [0.2, 0.25) is 0 Å². The Balaban J connectivity index is 2.22. The minimum absolute atomic E-state index is 0.729. The predicted octanol–water partition coefficient (Wildman–Crippen LogP) is 2.91. The van der Waals surface area contributed by atoms with Crippen molar-refractivity contribution in [2.24, 2.45) is 0 Å². The van der Waals surface area contributed by atoms with Gasteiger partial charge in [0, 0.05) is 17.6 Å². The van der Waals surface area contributed by atoms with Crippen molar-refractivity contribution < 1.29 is 0 Å². The fourth-order valence-electron chi connectivity index (χ4n) is 1.39. The van der Waals surface area contributed by atoms with Gasteiger partial charge < -0.3 is 5.73 Å². The third-order valence-corrected chi connectivity index (χ3v) is 2.46. The number of nitrogen functional groups attached to an aromatic ring is 1. The van der Waals surface area contributed by atoms with E-state index >= 15 is 0 Å². The molecule has 2 N–H and O–H groups in total. The summed E-state index contributed by atoms with van der Waals surface area (Å²) in [5, 5.41) is 0.743. The standard InChI is InChI=1S/C12H11ClN2/c13-10-5-3-9(4-6-10)8-12-11(14)2-1-7-15-12/h1-7H,8,14H2. The molecule has 1 heterocycles. The second-order valence-corrected chi connectivity index (χ2v) is 3.78. The molecular formula is C12H11ClN2. The summed E-state index contributed by atoms with van der Waals surface area (Å²) >= 11 is 5.81. The number of halogens is 1. The van der Waals surface area contributed by atoms with Crippen molar-refractivity contribution >= 4 is 17.3 Å². The fourth-order valence-corrected chi connectivity index (χ4v) is 1.52. The zero-order chi connectivity index (χ0) is 10.7. The molecule has 0 unspecified atom stereocenters. The maximum atomic E-state index is 5.81. The highest BCUT2D eigenvalue weighted by Gasteiger charge is 2.01. The van der Waals surface area contributed by atoms with Crippen LogP contribution in [0.2, 0.25) is 5.02 Å². The van der Waals surface area contributed by atoms with E-state index in [4.69, 9.17) is 17.3 Å². The molecule has 0 aliphatic carbocycles. The summed E-state index contributed by atoms with van der Waals surface area (Å²) < 4.78 is 0. The van der Waals surface area contributed by atoms with E-state index in [9.17, 15) is 0 Å². The molecule has 0 spiro atoms. The third kappa shape index (κ3) is 2.48. The molecule has 1 aromatic heterocycles. The molecule has 15 heavy (non-hydrogen) atoms. The summed E-state index contributed by atoms with van der Waals surface area (Å²) in [6, 6.07) is 11.4. The molecule has 0 bridgehead atoms. The fraction of sp³-hybridized carbons (Fsp3) is 0.0833. The summed E-state index contributed by atoms with van der Waals surface area (Å²) in [4.78, 5) is 4.24. The number of aromatic nitrogens is 1. The Hall–Kier alpha value is -1.54. The van der Waals surface area contributed by atoms with E-state index < -0.39 is 0 Å². The lowest BCUT2D eigenvalue weighted by molar-refractivity contribution is 1.08. The molecular weight excluding hydrogens is 208 g/mol. The van der Waals surface area contributed by atoms with Crippen molar-refractivity contribution in [2.75, 3.05) is 5.73 Å². The zero-order valence-corrected chi connectivity index (χ0v) is 8.91. The Labute approximate surface area is 93.7 Å². The number of nitrogens with two attached hydrogens (primary N) is 1. The monoisotopic (exact) mass is 218 g/mol. The summed E-state index contributed by atoms with van der Waals surface area (Å²) in [6.45, 7) is 0. The normalized spacial score (nSPS) is 10.2. The van der Waals surface area contributed by atoms with Crippen LogP contribution in [0.15, 0.2) is 42.6 Å². The van der Waals surface area contributed by atoms with Crippen LogP contribution in [0.5, 0.6) is 0 Å². The van der Waals surface area contributed by atoms with Gasteiger partial charge in [-0.3, -0.25) is 4.98 Å². The Kier molecular flexibility index (Phi) is 2.88. The van der Waals surface area contributed by atoms with Crippen LogP contribution in [0, 0.1) is 0 Å². The summed E-state index contributed by atoms with van der Waals surface area (Å²) in [5.41, 5.74) is 8.60. The molecule has 0 aliphatic rings. The Morgan fingerprint density at radius 2 is 1.87 bits per heavy atom. The second-order valence-electron chi connectivity index (χ2n) is 3.34. The minimum Gasteiger partial charge on any atom is -0.397 e. The molecule has 0 atom stereocenters. The number of anilines is 1. The van der Waals surface area contributed by atoms with Gasteiger partial charge in [0.1, 0.15) is 0 Å². The molecule has 2 aromatic rings. The van der Waals surface area contributed by atoms with Crippen molar-refractivity contribution in [3.05, 3.63) is 58.9 Å². The van der Waals surface area contributed by atoms with E-state index in [0.717, 1.165) is 28.4 Å². The highest BCUT2D eigenvalue weighted by molar-refractivity contribution is 6.30. The molecule has 2 nitrogen and oxygen atoms in total. The van der Waals surface area contributed by atoms with Gasteiger partial charge in [-0.2, -0.15) is 0 Å². The van der Waals surface area contributed by atoms with E-state index in [1.54, 1.807) is 6.20 Å². The van der Waals surface area contributed by atoms with E-state index in [1.165, 1.54) is 0 Å². The minimum atomic E-state index is 0.729. The molecule has 0 radical (unpaired) electrons. The topological polar surface area (TPSA) is 38.9 Å². The van der Waals surface area contributed by atoms with Gasteiger partial charge in [-0.1, -0.05) is 23.7 Å². The molecule has 0 aliphatic heterocycles. The van der Waals surface area contributed by atoms with Crippen LogP contribution in [0.25, 0.3) is 0 Å². The largest absolute Gasteiger partial charge is 0.397 e. The number of pyridine rings is 1. The van der Waals surface area contributed by atoms with Crippen LogP contribution in [-0.4, -0.2) is 4.98 Å². The van der Waals surface area contributed by atoms with Crippen LogP contribution in [0.3, 0.4) is 0 Å². The van der Waals surface area contributed by atoms with Crippen LogP contribution >= 0.6 is 11.6 Å². The zero-order valence-electron chi connectivity index (χ0n) is 8.15. The Morgan fingerprint density at radius 3 is 2.53 bits per heavy atom. The molecule has 1 aromatic carbocycles. The van der Waals surface area contributed by atoms with Gasteiger partial charge in [-0.15, -0.1) is 0 Å². The van der Waals surface area contributed by atoms with Crippen molar-refractivity contribution in [3.63, 3.8) is 0 Å². The molecule has 76 valence electrons. The maximum Gasteiger partial charge on any atom is 0.0676 e. The first kappa shape index (κ1) is 9.99. The van der Waals surface area contributed by atoms with Gasteiger partial charge in [0.05, 0.1) is 11.4 Å². The lowest BCUT2D eigenvalue weighted by atomic mass is 10.1. The lowest BCUT2D eigenvalue weighted by Crippen LogP contribution is -1.98.